The van der Waals surface area contributed by atoms with Gasteiger partial charge in [0.05, 0.1) is 6.61 Å². The molecule has 1 heterocycles. The van der Waals surface area contributed by atoms with Crippen LogP contribution in [0, 0.1) is 0 Å². The lowest BCUT2D eigenvalue weighted by Crippen LogP contribution is -2.19. The normalized spacial score (nSPS) is 17.0. The van der Waals surface area contributed by atoms with Crippen molar-refractivity contribution in [3.05, 3.63) is 35.4 Å². The number of hydrogen-bond donors (Lipinski definition) is 5. The summed E-state index contributed by atoms with van der Waals surface area (Å²) in [5.41, 5.74) is 1.14. The SMILES string of the molecule is Oc1ccc(C2COc3c(ccc(O)c3O)C2)c(O)c1O. The molecular formula is C15H14O6. The van der Waals surface area contributed by atoms with Crippen LogP contribution in [-0.2, 0) is 6.42 Å². The molecular weight excluding hydrogens is 276 g/mol. The van der Waals surface area contributed by atoms with Gasteiger partial charge in [-0.1, -0.05) is 12.1 Å². The minimum atomic E-state index is -0.563. The molecule has 0 saturated heterocycles. The average Bonchev–Trinajstić information content (AvgIpc) is 2.48. The Hall–Kier alpha value is -2.76. The number of rotatable bonds is 1. The maximum Gasteiger partial charge on any atom is 0.200 e. The van der Waals surface area contributed by atoms with E-state index in [9.17, 15) is 25.5 Å². The highest BCUT2D eigenvalue weighted by atomic mass is 16.5. The number of hydrogen-bond acceptors (Lipinski definition) is 6. The molecule has 1 aliphatic heterocycles. The van der Waals surface area contributed by atoms with Crippen LogP contribution in [0.2, 0.25) is 0 Å². The van der Waals surface area contributed by atoms with E-state index in [2.05, 4.69) is 0 Å². The van der Waals surface area contributed by atoms with Crippen LogP contribution in [0.25, 0.3) is 0 Å². The van der Waals surface area contributed by atoms with Crippen LogP contribution in [0.3, 0.4) is 0 Å². The average molecular weight is 290 g/mol. The zero-order valence-corrected chi connectivity index (χ0v) is 10.9. The fraction of sp³-hybridized carbons (Fsp3) is 0.200. The molecule has 0 radical (unpaired) electrons. The number of ether oxygens (including phenoxy) is 1. The molecule has 5 N–H and O–H groups in total. The van der Waals surface area contributed by atoms with Gasteiger partial charge in [0, 0.05) is 11.5 Å². The van der Waals surface area contributed by atoms with Gasteiger partial charge in [0.25, 0.3) is 0 Å². The summed E-state index contributed by atoms with van der Waals surface area (Å²) in [4.78, 5) is 0. The zero-order chi connectivity index (χ0) is 15.1. The third-order valence-corrected chi connectivity index (χ3v) is 3.69. The summed E-state index contributed by atoms with van der Waals surface area (Å²) in [6.07, 6.45) is 0.459. The topological polar surface area (TPSA) is 110 Å². The maximum atomic E-state index is 9.92. The van der Waals surface area contributed by atoms with Gasteiger partial charge in [-0.3, -0.25) is 0 Å². The first-order valence-corrected chi connectivity index (χ1v) is 6.39. The number of fused-ring (bicyclic) bond motifs is 1. The molecule has 0 aromatic heterocycles. The second kappa shape index (κ2) is 4.66. The van der Waals surface area contributed by atoms with E-state index < -0.39 is 11.5 Å². The summed E-state index contributed by atoms with van der Waals surface area (Å²) in [6.45, 7) is 0.168. The third kappa shape index (κ3) is 2.05. The number of phenolic OH excluding ortho intramolecular Hbond substituents is 5. The molecule has 0 saturated carbocycles. The highest BCUT2D eigenvalue weighted by Gasteiger charge is 2.28. The van der Waals surface area contributed by atoms with Crippen molar-refractivity contribution in [2.24, 2.45) is 0 Å². The predicted octanol–water partition coefficient (Wildman–Crippen LogP) is 1.93. The van der Waals surface area contributed by atoms with Crippen LogP contribution < -0.4 is 4.74 Å². The van der Waals surface area contributed by atoms with E-state index in [1.807, 2.05) is 0 Å². The highest BCUT2D eigenvalue weighted by Crippen LogP contribution is 2.46. The molecule has 1 unspecified atom stereocenters. The number of benzene rings is 2. The van der Waals surface area contributed by atoms with E-state index in [0.29, 0.717) is 17.5 Å². The molecule has 2 aromatic rings. The van der Waals surface area contributed by atoms with Crippen LogP contribution in [-0.4, -0.2) is 32.1 Å². The summed E-state index contributed by atoms with van der Waals surface area (Å²) in [7, 11) is 0. The summed E-state index contributed by atoms with van der Waals surface area (Å²) >= 11 is 0. The summed E-state index contributed by atoms with van der Waals surface area (Å²) in [5.74, 6) is -1.90. The molecule has 0 bridgehead atoms. The summed E-state index contributed by atoms with van der Waals surface area (Å²) in [5, 5.41) is 48.0. The molecule has 3 rings (SSSR count). The first kappa shape index (κ1) is 13.2. The fourth-order valence-corrected chi connectivity index (χ4v) is 2.55. The zero-order valence-electron chi connectivity index (χ0n) is 10.9. The van der Waals surface area contributed by atoms with Gasteiger partial charge in [-0.2, -0.15) is 0 Å². The Morgan fingerprint density at radius 2 is 1.48 bits per heavy atom. The van der Waals surface area contributed by atoms with Gasteiger partial charge in [-0.25, -0.2) is 0 Å². The van der Waals surface area contributed by atoms with E-state index in [4.69, 9.17) is 4.74 Å². The largest absolute Gasteiger partial charge is 0.504 e. The Balaban J connectivity index is 1.97. The van der Waals surface area contributed by atoms with Crippen molar-refractivity contribution in [3.8, 4) is 34.5 Å². The molecule has 0 fully saturated rings. The second-order valence-electron chi connectivity index (χ2n) is 5.00. The van der Waals surface area contributed by atoms with E-state index in [0.717, 1.165) is 0 Å². The minimum Gasteiger partial charge on any atom is -0.504 e. The highest BCUT2D eigenvalue weighted by molar-refractivity contribution is 5.58. The standard InChI is InChI=1S/C15H14O6/c16-10-4-2-9(12(18)13(10)19)8-5-7-1-3-11(17)14(20)15(7)21-6-8/h1-4,8,16-20H,5-6H2. The van der Waals surface area contributed by atoms with E-state index in [1.54, 1.807) is 6.07 Å². The molecule has 2 aromatic carbocycles. The van der Waals surface area contributed by atoms with Crippen molar-refractivity contribution in [2.75, 3.05) is 6.61 Å². The third-order valence-electron chi connectivity index (χ3n) is 3.69. The van der Waals surface area contributed by atoms with Crippen LogP contribution in [0.1, 0.15) is 17.0 Å². The Kier molecular flexibility index (Phi) is 2.94. The van der Waals surface area contributed by atoms with Gasteiger partial charge in [0.2, 0.25) is 11.5 Å². The second-order valence-corrected chi connectivity index (χ2v) is 5.00. The lowest BCUT2D eigenvalue weighted by molar-refractivity contribution is 0.243. The molecule has 6 heteroatoms. The summed E-state index contributed by atoms with van der Waals surface area (Å²) in [6, 6.07) is 5.82. The monoisotopic (exact) mass is 290 g/mol. The van der Waals surface area contributed by atoms with Gasteiger partial charge in [-0.05, 0) is 24.1 Å². The van der Waals surface area contributed by atoms with Gasteiger partial charge in [-0.15, -0.1) is 0 Å². The van der Waals surface area contributed by atoms with Crippen LogP contribution in [0.5, 0.6) is 34.5 Å². The van der Waals surface area contributed by atoms with Crippen LogP contribution in [0.15, 0.2) is 24.3 Å². The van der Waals surface area contributed by atoms with Crippen molar-refractivity contribution in [1.82, 2.24) is 0 Å². The molecule has 1 aliphatic rings. The number of phenols is 5. The van der Waals surface area contributed by atoms with Crippen molar-refractivity contribution >= 4 is 0 Å². The van der Waals surface area contributed by atoms with Gasteiger partial charge < -0.3 is 30.3 Å². The Bertz CT molecular complexity index is 710. The minimum absolute atomic E-state index is 0.168. The fourth-order valence-electron chi connectivity index (χ4n) is 2.55. The predicted molar refractivity (Wildman–Crippen MR) is 73.1 cm³/mol. The Morgan fingerprint density at radius 3 is 2.24 bits per heavy atom. The Labute approximate surface area is 120 Å². The lowest BCUT2D eigenvalue weighted by atomic mass is 9.89. The lowest BCUT2D eigenvalue weighted by Gasteiger charge is -2.27. The smallest absolute Gasteiger partial charge is 0.200 e. The van der Waals surface area contributed by atoms with E-state index in [-0.39, 0.29) is 35.5 Å². The Morgan fingerprint density at radius 1 is 0.810 bits per heavy atom. The molecule has 0 amide bonds. The molecule has 1 atom stereocenters. The van der Waals surface area contributed by atoms with Crippen molar-refractivity contribution in [3.63, 3.8) is 0 Å². The first-order valence-electron chi connectivity index (χ1n) is 6.39. The van der Waals surface area contributed by atoms with Crippen molar-refractivity contribution in [1.29, 1.82) is 0 Å². The van der Waals surface area contributed by atoms with Gasteiger partial charge in [0.15, 0.2) is 23.0 Å². The van der Waals surface area contributed by atoms with Crippen molar-refractivity contribution in [2.45, 2.75) is 12.3 Å². The molecule has 21 heavy (non-hydrogen) atoms. The van der Waals surface area contributed by atoms with Crippen LogP contribution in [0.4, 0.5) is 0 Å². The molecule has 6 nitrogen and oxygen atoms in total. The first-order chi connectivity index (χ1) is 9.99. The van der Waals surface area contributed by atoms with E-state index in [1.165, 1.54) is 18.2 Å². The summed E-state index contributed by atoms with van der Waals surface area (Å²) < 4.78 is 5.46. The number of aromatic hydroxyl groups is 5. The quantitative estimate of drug-likeness (QED) is 0.513. The van der Waals surface area contributed by atoms with E-state index >= 15 is 0 Å². The van der Waals surface area contributed by atoms with Crippen LogP contribution >= 0.6 is 0 Å². The maximum absolute atomic E-state index is 9.92. The van der Waals surface area contributed by atoms with Gasteiger partial charge >= 0.3 is 0 Å². The molecule has 110 valence electrons. The molecule has 0 spiro atoms. The van der Waals surface area contributed by atoms with Crippen molar-refractivity contribution < 1.29 is 30.3 Å². The van der Waals surface area contributed by atoms with Gasteiger partial charge in [0.1, 0.15) is 0 Å². The molecule has 0 aliphatic carbocycles.